The Kier molecular flexibility index (Phi) is 6.16. The van der Waals surface area contributed by atoms with Gasteiger partial charge in [0.15, 0.2) is 0 Å². The molecule has 0 spiro atoms. The number of fused-ring (bicyclic) bond motifs is 1. The van der Waals surface area contributed by atoms with Gasteiger partial charge in [0.2, 0.25) is 0 Å². The van der Waals surface area contributed by atoms with Crippen LogP contribution in [-0.2, 0) is 25.9 Å². The van der Waals surface area contributed by atoms with E-state index in [1.165, 1.54) is 0 Å². The number of nitrogens with zero attached hydrogens (tertiary/aromatic N) is 3. The lowest BCUT2D eigenvalue weighted by molar-refractivity contribution is 0.241. The zero-order valence-corrected chi connectivity index (χ0v) is 18.0. The number of rotatable bonds is 6. The molecule has 0 radical (unpaired) electrons. The highest BCUT2D eigenvalue weighted by Crippen LogP contribution is 2.31. The lowest BCUT2D eigenvalue weighted by Gasteiger charge is -2.27. The fourth-order valence-corrected chi connectivity index (χ4v) is 4.01. The van der Waals surface area contributed by atoms with Gasteiger partial charge in [0.25, 0.3) is 5.56 Å². The molecule has 0 atom stereocenters. The van der Waals surface area contributed by atoms with Crippen molar-refractivity contribution in [3.63, 3.8) is 0 Å². The summed E-state index contributed by atoms with van der Waals surface area (Å²) in [6, 6.07) is 9.54. The van der Waals surface area contributed by atoms with Gasteiger partial charge in [-0.25, -0.2) is 4.98 Å². The maximum atomic E-state index is 12.5. The maximum absolute atomic E-state index is 12.5. The molecular weight excluding hydrogens is 400 g/mol. The number of pyridine rings is 1. The van der Waals surface area contributed by atoms with Crippen LogP contribution in [-0.4, -0.2) is 33.5 Å². The molecule has 0 amide bonds. The predicted octanol–water partition coefficient (Wildman–Crippen LogP) is 4.00. The molecule has 6 nitrogen and oxygen atoms in total. The number of H-pyrrole nitrogens is 1. The van der Waals surface area contributed by atoms with Gasteiger partial charge in [-0.05, 0) is 36.2 Å². The number of ether oxygens (including phenoxy) is 1. The summed E-state index contributed by atoms with van der Waals surface area (Å²) >= 11 is 6.14. The van der Waals surface area contributed by atoms with E-state index >= 15 is 0 Å². The number of benzene rings is 1. The van der Waals surface area contributed by atoms with Gasteiger partial charge >= 0.3 is 0 Å². The Morgan fingerprint density at radius 1 is 1.27 bits per heavy atom. The summed E-state index contributed by atoms with van der Waals surface area (Å²) in [5, 5.41) is 0.643. The normalized spacial score (nSPS) is 13.8. The molecule has 7 heteroatoms. The van der Waals surface area contributed by atoms with E-state index in [-0.39, 0.29) is 5.56 Å². The summed E-state index contributed by atoms with van der Waals surface area (Å²) in [7, 11) is 1.64. The highest BCUT2D eigenvalue weighted by molar-refractivity contribution is 6.30. The van der Waals surface area contributed by atoms with Crippen molar-refractivity contribution in [1.29, 1.82) is 0 Å². The van der Waals surface area contributed by atoms with E-state index in [1.54, 1.807) is 13.2 Å². The summed E-state index contributed by atoms with van der Waals surface area (Å²) in [5.41, 5.74) is 4.49. The van der Waals surface area contributed by atoms with Crippen molar-refractivity contribution >= 4 is 11.6 Å². The largest absolute Gasteiger partial charge is 0.496 e. The Bertz CT molecular complexity index is 1100. The summed E-state index contributed by atoms with van der Waals surface area (Å²) in [6.45, 7) is 4.30. The van der Waals surface area contributed by atoms with Gasteiger partial charge in [0, 0.05) is 49.3 Å². The van der Waals surface area contributed by atoms with E-state index in [0.717, 1.165) is 72.0 Å². The van der Waals surface area contributed by atoms with Crippen molar-refractivity contribution in [2.45, 2.75) is 39.3 Å². The zero-order chi connectivity index (χ0) is 21.1. The average Bonchev–Trinajstić information content (AvgIpc) is 2.75. The smallest absolute Gasteiger partial charge is 0.255 e. The molecule has 3 aromatic rings. The van der Waals surface area contributed by atoms with Crippen LogP contribution < -0.4 is 10.3 Å². The molecule has 30 heavy (non-hydrogen) atoms. The fourth-order valence-electron chi connectivity index (χ4n) is 3.84. The van der Waals surface area contributed by atoms with Gasteiger partial charge in [-0.1, -0.05) is 24.6 Å². The molecular formula is C23H25ClN4O2. The van der Waals surface area contributed by atoms with Crippen LogP contribution in [0.25, 0.3) is 11.3 Å². The van der Waals surface area contributed by atoms with Crippen LogP contribution in [0.1, 0.15) is 36.0 Å². The van der Waals surface area contributed by atoms with Crippen LogP contribution in [0.2, 0.25) is 5.02 Å². The number of nitrogens with one attached hydrogen (secondary N) is 1. The predicted molar refractivity (Wildman–Crippen MR) is 118 cm³/mol. The third-order valence-electron chi connectivity index (χ3n) is 5.35. The summed E-state index contributed by atoms with van der Waals surface area (Å²) in [6.07, 6.45) is 4.44. The lowest BCUT2D eigenvalue weighted by atomic mass is 10.1. The van der Waals surface area contributed by atoms with Crippen LogP contribution in [0.15, 0.2) is 41.3 Å². The van der Waals surface area contributed by atoms with Gasteiger partial charge in [-0.15, -0.1) is 0 Å². The lowest BCUT2D eigenvalue weighted by Crippen LogP contribution is -2.35. The highest BCUT2D eigenvalue weighted by Gasteiger charge is 2.21. The van der Waals surface area contributed by atoms with Gasteiger partial charge < -0.3 is 9.72 Å². The molecule has 0 saturated carbocycles. The Labute approximate surface area is 180 Å². The molecule has 156 valence electrons. The van der Waals surface area contributed by atoms with Gasteiger partial charge in [0.1, 0.15) is 11.6 Å². The second kappa shape index (κ2) is 8.98. The van der Waals surface area contributed by atoms with Crippen LogP contribution in [0, 0.1) is 0 Å². The van der Waals surface area contributed by atoms with Crippen molar-refractivity contribution in [2.75, 3.05) is 13.7 Å². The van der Waals surface area contributed by atoms with E-state index in [4.69, 9.17) is 16.3 Å². The second-order valence-electron chi connectivity index (χ2n) is 7.54. The minimum atomic E-state index is -0.00493. The van der Waals surface area contributed by atoms with Gasteiger partial charge in [-0.3, -0.25) is 14.7 Å². The van der Waals surface area contributed by atoms with E-state index in [9.17, 15) is 4.79 Å². The van der Waals surface area contributed by atoms with Gasteiger partial charge in [-0.2, -0.15) is 0 Å². The molecule has 1 N–H and O–H groups in total. The molecule has 0 aliphatic carbocycles. The standard InChI is InChI=1S/C23H25ClN4O2/c1-3-4-22-26-20-9-10-28(14-18(20)23(29)27-22)13-15-5-7-19(25-12-15)17-11-16(24)6-8-21(17)30-2/h5-8,11-12H,3-4,9-10,13-14H2,1-2H3,(H,26,27,29). The Balaban J connectivity index is 1.49. The van der Waals surface area contributed by atoms with E-state index in [1.807, 2.05) is 24.4 Å². The van der Waals surface area contributed by atoms with Crippen LogP contribution >= 0.6 is 11.6 Å². The number of aryl methyl sites for hydroxylation is 1. The van der Waals surface area contributed by atoms with Crippen molar-refractivity contribution in [1.82, 2.24) is 19.9 Å². The highest BCUT2D eigenvalue weighted by atomic mass is 35.5. The first-order valence-corrected chi connectivity index (χ1v) is 10.6. The fraction of sp³-hybridized carbons (Fsp3) is 0.348. The minimum Gasteiger partial charge on any atom is -0.496 e. The van der Waals surface area contributed by atoms with Crippen molar-refractivity contribution in [3.8, 4) is 17.0 Å². The molecule has 0 unspecified atom stereocenters. The van der Waals surface area contributed by atoms with Crippen molar-refractivity contribution in [2.24, 2.45) is 0 Å². The first kappa shape index (κ1) is 20.6. The molecule has 0 fully saturated rings. The summed E-state index contributed by atoms with van der Waals surface area (Å²) in [4.78, 5) is 27.0. The molecule has 1 aliphatic heterocycles. The molecule has 0 bridgehead atoms. The molecule has 1 aromatic carbocycles. The number of methoxy groups -OCH3 is 1. The van der Waals surface area contributed by atoms with Crippen LogP contribution in [0.3, 0.4) is 0 Å². The maximum Gasteiger partial charge on any atom is 0.255 e. The quantitative estimate of drug-likeness (QED) is 0.647. The van der Waals surface area contributed by atoms with Crippen LogP contribution in [0.5, 0.6) is 5.75 Å². The molecule has 2 aromatic heterocycles. The SMILES string of the molecule is CCCc1nc2c(c(=O)[nH]1)CN(Cc1ccc(-c3cc(Cl)ccc3OC)nc1)CC2. The third-order valence-corrected chi connectivity index (χ3v) is 5.59. The van der Waals surface area contributed by atoms with E-state index in [2.05, 4.69) is 32.8 Å². The summed E-state index contributed by atoms with van der Waals surface area (Å²) < 4.78 is 5.43. The first-order valence-electron chi connectivity index (χ1n) is 10.2. The molecule has 0 saturated heterocycles. The summed E-state index contributed by atoms with van der Waals surface area (Å²) in [5.74, 6) is 1.53. The van der Waals surface area contributed by atoms with E-state index < -0.39 is 0 Å². The number of aromatic nitrogens is 3. The topological polar surface area (TPSA) is 71.1 Å². The molecule has 4 rings (SSSR count). The second-order valence-corrected chi connectivity index (χ2v) is 7.98. The number of halogens is 1. The Hall–Kier alpha value is -2.70. The number of hydrogen-bond acceptors (Lipinski definition) is 5. The van der Waals surface area contributed by atoms with Crippen molar-refractivity contribution in [3.05, 3.63) is 74.6 Å². The Morgan fingerprint density at radius 2 is 2.13 bits per heavy atom. The molecule has 3 heterocycles. The number of hydrogen-bond donors (Lipinski definition) is 1. The molecule has 1 aliphatic rings. The zero-order valence-electron chi connectivity index (χ0n) is 17.2. The van der Waals surface area contributed by atoms with Crippen LogP contribution in [0.4, 0.5) is 0 Å². The monoisotopic (exact) mass is 424 g/mol. The number of aromatic amines is 1. The Morgan fingerprint density at radius 3 is 2.87 bits per heavy atom. The average molecular weight is 425 g/mol. The first-order chi connectivity index (χ1) is 14.6. The van der Waals surface area contributed by atoms with Gasteiger partial charge in [0.05, 0.1) is 24.1 Å². The minimum absolute atomic E-state index is 0.00493. The van der Waals surface area contributed by atoms with Crippen molar-refractivity contribution < 1.29 is 4.74 Å². The third kappa shape index (κ3) is 4.40. The van der Waals surface area contributed by atoms with E-state index in [0.29, 0.717) is 11.6 Å².